The number of hydrogen-bond donors (Lipinski definition) is 1. The van der Waals surface area contributed by atoms with Gasteiger partial charge in [0.25, 0.3) is 0 Å². The number of anilines is 1. The third-order valence-corrected chi connectivity index (χ3v) is 2.77. The molecule has 0 aliphatic heterocycles. The summed E-state index contributed by atoms with van der Waals surface area (Å²) >= 11 is 1.54. The lowest BCUT2D eigenvalue weighted by atomic mass is 10.1. The lowest BCUT2D eigenvalue weighted by molar-refractivity contribution is 0.859. The van der Waals surface area contributed by atoms with Crippen molar-refractivity contribution in [3.8, 4) is 0 Å². The van der Waals surface area contributed by atoms with Gasteiger partial charge in [0.2, 0.25) is 5.13 Å². The molecule has 15 heavy (non-hydrogen) atoms. The molecule has 0 radical (unpaired) electrons. The third-order valence-electron chi connectivity index (χ3n) is 2.12. The van der Waals surface area contributed by atoms with Gasteiger partial charge in [-0.1, -0.05) is 41.7 Å². The van der Waals surface area contributed by atoms with Crippen molar-refractivity contribution in [1.29, 1.82) is 0 Å². The van der Waals surface area contributed by atoms with Gasteiger partial charge in [0.05, 0.1) is 0 Å². The number of aromatic nitrogens is 2. The molecule has 0 spiro atoms. The van der Waals surface area contributed by atoms with E-state index in [0.717, 1.165) is 24.5 Å². The third kappa shape index (κ3) is 3.32. The molecule has 0 saturated carbocycles. The molecule has 0 bridgehead atoms. The van der Waals surface area contributed by atoms with Gasteiger partial charge in [-0.05, 0) is 18.4 Å². The second kappa shape index (κ2) is 5.46. The number of benzene rings is 1. The van der Waals surface area contributed by atoms with Crippen molar-refractivity contribution in [1.82, 2.24) is 10.2 Å². The first kappa shape index (κ1) is 10.1. The quantitative estimate of drug-likeness (QED) is 0.785. The molecule has 78 valence electrons. The maximum Gasteiger partial charge on any atom is 0.205 e. The number of nitrogens with one attached hydrogen (secondary N) is 1. The monoisotopic (exact) mass is 219 g/mol. The zero-order chi connectivity index (χ0) is 10.3. The van der Waals surface area contributed by atoms with Crippen LogP contribution in [0.5, 0.6) is 0 Å². The Kier molecular flexibility index (Phi) is 3.68. The van der Waals surface area contributed by atoms with Crippen molar-refractivity contribution in [2.24, 2.45) is 0 Å². The first-order valence-corrected chi connectivity index (χ1v) is 5.87. The van der Waals surface area contributed by atoms with E-state index in [4.69, 9.17) is 0 Å². The minimum absolute atomic E-state index is 0.906. The van der Waals surface area contributed by atoms with Gasteiger partial charge >= 0.3 is 0 Å². The average molecular weight is 219 g/mol. The molecule has 0 atom stereocenters. The summed E-state index contributed by atoms with van der Waals surface area (Å²) in [7, 11) is 0. The highest BCUT2D eigenvalue weighted by atomic mass is 32.1. The topological polar surface area (TPSA) is 37.8 Å². The minimum Gasteiger partial charge on any atom is -0.360 e. The van der Waals surface area contributed by atoms with Crippen LogP contribution in [0.2, 0.25) is 0 Å². The van der Waals surface area contributed by atoms with Crippen LogP contribution in [-0.2, 0) is 6.42 Å². The maximum atomic E-state index is 3.92. The zero-order valence-corrected chi connectivity index (χ0v) is 9.20. The van der Waals surface area contributed by atoms with E-state index in [1.165, 1.54) is 16.9 Å². The highest BCUT2D eigenvalue weighted by molar-refractivity contribution is 7.13. The van der Waals surface area contributed by atoms with E-state index < -0.39 is 0 Å². The Morgan fingerprint density at radius 1 is 1.20 bits per heavy atom. The van der Waals surface area contributed by atoms with Gasteiger partial charge in [0.1, 0.15) is 5.51 Å². The molecular formula is C11H13N3S. The molecule has 0 aliphatic carbocycles. The van der Waals surface area contributed by atoms with Crippen molar-refractivity contribution in [2.75, 3.05) is 11.9 Å². The minimum atomic E-state index is 0.906. The second-order valence-corrected chi connectivity index (χ2v) is 4.09. The number of rotatable bonds is 5. The highest BCUT2D eigenvalue weighted by Crippen LogP contribution is 2.08. The summed E-state index contributed by atoms with van der Waals surface area (Å²) < 4.78 is 0. The van der Waals surface area contributed by atoms with Gasteiger partial charge in [-0.25, -0.2) is 0 Å². The fraction of sp³-hybridized carbons (Fsp3) is 0.273. The Bertz CT molecular complexity index is 372. The summed E-state index contributed by atoms with van der Waals surface area (Å²) in [6, 6.07) is 10.5. The molecule has 0 fully saturated rings. The summed E-state index contributed by atoms with van der Waals surface area (Å²) in [5.41, 5.74) is 3.12. The molecule has 4 heteroatoms. The molecule has 1 aromatic carbocycles. The first-order valence-electron chi connectivity index (χ1n) is 4.99. The summed E-state index contributed by atoms with van der Waals surface area (Å²) in [5, 5.41) is 11.8. The van der Waals surface area contributed by atoms with Crippen molar-refractivity contribution in [2.45, 2.75) is 12.8 Å². The lowest BCUT2D eigenvalue weighted by Gasteiger charge is -2.02. The lowest BCUT2D eigenvalue weighted by Crippen LogP contribution is -2.02. The molecule has 2 aromatic rings. The maximum absolute atomic E-state index is 3.92. The number of aryl methyl sites for hydroxylation is 1. The van der Waals surface area contributed by atoms with E-state index in [-0.39, 0.29) is 0 Å². The Labute approximate surface area is 93.2 Å². The van der Waals surface area contributed by atoms with Crippen LogP contribution in [0.15, 0.2) is 35.8 Å². The summed E-state index contributed by atoms with van der Waals surface area (Å²) in [5.74, 6) is 0. The van der Waals surface area contributed by atoms with Gasteiger partial charge in [0.15, 0.2) is 0 Å². The van der Waals surface area contributed by atoms with Crippen molar-refractivity contribution in [3.63, 3.8) is 0 Å². The van der Waals surface area contributed by atoms with E-state index in [9.17, 15) is 0 Å². The summed E-state index contributed by atoms with van der Waals surface area (Å²) in [4.78, 5) is 0. The van der Waals surface area contributed by atoms with Crippen molar-refractivity contribution in [3.05, 3.63) is 41.4 Å². The molecule has 2 rings (SSSR count). The van der Waals surface area contributed by atoms with Gasteiger partial charge in [-0.2, -0.15) is 0 Å². The van der Waals surface area contributed by atoms with Crippen LogP contribution in [0.3, 0.4) is 0 Å². The van der Waals surface area contributed by atoms with E-state index in [2.05, 4.69) is 39.8 Å². The first-order chi connectivity index (χ1) is 7.45. The van der Waals surface area contributed by atoms with Crippen LogP contribution in [0, 0.1) is 0 Å². The molecule has 0 saturated heterocycles. The van der Waals surface area contributed by atoms with Crippen molar-refractivity contribution < 1.29 is 0 Å². The van der Waals surface area contributed by atoms with Crippen LogP contribution in [-0.4, -0.2) is 16.7 Å². The van der Waals surface area contributed by atoms with Crippen molar-refractivity contribution >= 4 is 16.5 Å². The number of nitrogens with zero attached hydrogens (tertiary/aromatic N) is 2. The zero-order valence-electron chi connectivity index (χ0n) is 8.39. The van der Waals surface area contributed by atoms with E-state index >= 15 is 0 Å². The standard InChI is InChI=1S/C11H13N3S/c1-2-5-10(6-3-1)7-4-8-12-11-14-13-9-15-11/h1-3,5-6,9H,4,7-8H2,(H,12,14). The van der Waals surface area contributed by atoms with Crippen LogP contribution in [0.1, 0.15) is 12.0 Å². The van der Waals surface area contributed by atoms with E-state index in [0.29, 0.717) is 0 Å². The van der Waals surface area contributed by atoms with Gasteiger partial charge in [-0.15, -0.1) is 10.2 Å². The van der Waals surface area contributed by atoms with Crippen LogP contribution < -0.4 is 5.32 Å². The summed E-state index contributed by atoms with van der Waals surface area (Å²) in [6.07, 6.45) is 2.22. The van der Waals surface area contributed by atoms with Gasteiger partial charge in [-0.3, -0.25) is 0 Å². The average Bonchev–Trinajstić information content (AvgIpc) is 2.79. The molecule has 1 aromatic heterocycles. The van der Waals surface area contributed by atoms with Gasteiger partial charge in [0, 0.05) is 6.54 Å². The predicted molar refractivity (Wildman–Crippen MR) is 63.2 cm³/mol. The molecule has 0 unspecified atom stereocenters. The fourth-order valence-electron chi connectivity index (χ4n) is 1.38. The van der Waals surface area contributed by atoms with Crippen LogP contribution in [0.25, 0.3) is 0 Å². The Morgan fingerprint density at radius 2 is 2.07 bits per heavy atom. The predicted octanol–water partition coefficient (Wildman–Crippen LogP) is 2.58. The van der Waals surface area contributed by atoms with E-state index in [1.54, 1.807) is 5.51 Å². The van der Waals surface area contributed by atoms with E-state index in [1.807, 2.05) is 6.07 Å². The Balaban J connectivity index is 1.68. The molecular weight excluding hydrogens is 206 g/mol. The largest absolute Gasteiger partial charge is 0.360 e. The highest BCUT2D eigenvalue weighted by Gasteiger charge is 1.95. The SMILES string of the molecule is c1ccc(CCCNc2nncs2)cc1. The Morgan fingerprint density at radius 3 is 2.80 bits per heavy atom. The molecule has 1 heterocycles. The fourth-order valence-corrected chi connectivity index (χ4v) is 1.86. The van der Waals surface area contributed by atoms with Crippen LogP contribution >= 0.6 is 11.3 Å². The molecule has 3 nitrogen and oxygen atoms in total. The molecule has 1 N–H and O–H groups in total. The molecule has 0 aliphatic rings. The normalized spacial score (nSPS) is 10.1. The number of hydrogen-bond acceptors (Lipinski definition) is 4. The van der Waals surface area contributed by atoms with Gasteiger partial charge < -0.3 is 5.32 Å². The smallest absolute Gasteiger partial charge is 0.205 e. The second-order valence-electron chi connectivity index (χ2n) is 3.26. The Hall–Kier alpha value is -1.42. The van der Waals surface area contributed by atoms with Crippen LogP contribution in [0.4, 0.5) is 5.13 Å². The summed E-state index contributed by atoms with van der Waals surface area (Å²) in [6.45, 7) is 0.948. The molecule has 0 amide bonds.